The summed E-state index contributed by atoms with van der Waals surface area (Å²) in [4.78, 5) is 15.3. The van der Waals surface area contributed by atoms with E-state index in [1.54, 1.807) is 12.7 Å². The maximum atomic E-state index is 4.38. The average molecular weight is 608 g/mol. The molecule has 226 valence electrons. The van der Waals surface area contributed by atoms with Crippen molar-refractivity contribution in [2.75, 3.05) is 4.90 Å². The highest BCUT2D eigenvalue weighted by Gasteiger charge is 2.36. The molecule has 0 N–H and O–H groups in total. The van der Waals surface area contributed by atoms with Gasteiger partial charge in [-0.05, 0) is 94.9 Å². The van der Waals surface area contributed by atoms with E-state index >= 15 is 0 Å². The first-order chi connectivity index (χ1) is 23.1. The molecule has 2 heterocycles. The lowest BCUT2D eigenvalue weighted by Gasteiger charge is -2.35. The zero-order valence-electron chi connectivity index (χ0n) is 26.4. The summed E-state index contributed by atoms with van der Waals surface area (Å²) in [6, 6.07) is 44.1. The van der Waals surface area contributed by atoms with Gasteiger partial charge in [-0.1, -0.05) is 86.7 Å². The standard InChI is InChI=1S/C42H33N5/c1-42(2)37-14-8-6-12-33(37)34-22-20-32(25-38(34)42)46(30-18-16-28(17-19-30)41-44-26-43-27-45-41)31-21-23-40-36(24-31)35-13-7-9-15-39(35)47(40)29-10-4-3-5-11-29/h3-23,25-27,31H,24H2,1-2H3. The second kappa shape index (κ2) is 10.6. The van der Waals surface area contributed by atoms with Gasteiger partial charge in [0, 0.05) is 39.1 Å². The van der Waals surface area contributed by atoms with Crippen molar-refractivity contribution in [2.24, 2.45) is 0 Å². The highest BCUT2D eigenvalue weighted by Crippen LogP contribution is 2.50. The fraction of sp³-hybridized carbons (Fsp3) is 0.119. The summed E-state index contributed by atoms with van der Waals surface area (Å²) >= 11 is 0. The summed E-state index contributed by atoms with van der Waals surface area (Å²) in [5, 5.41) is 1.30. The lowest BCUT2D eigenvalue weighted by molar-refractivity contribution is 0.659. The van der Waals surface area contributed by atoms with Gasteiger partial charge in [0.2, 0.25) is 0 Å². The quantitative estimate of drug-likeness (QED) is 0.196. The van der Waals surface area contributed by atoms with Gasteiger partial charge < -0.3 is 9.47 Å². The first-order valence-electron chi connectivity index (χ1n) is 16.2. The molecule has 7 aromatic rings. The smallest absolute Gasteiger partial charge is 0.162 e. The molecule has 47 heavy (non-hydrogen) atoms. The number of anilines is 2. The lowest BCUT2D eigenvalue weighted by Crippen LogP contribution is -2.33. The fourth-order valence-electron chi connectivity index (χ4n) is 7.76. The molecule has 2 aromatic heterocycles. The van der Waals surface area contributed by atoms with Crippen molar-refractivity contribution >= 4 is 28.4 Å². The maximum Gasteiger partial charge on any atom is 0.162 e. The van der Waals surface area contributed by atoms with Crippen LogP contribution in [0.5, 0.6) is 0 Å². The van der Waals surface area contributed by atoms with Crippen molar-refractivity contribution < 1.29 is 0 Å². The van der Waals surface area contributed by atoms with E-state index in [1.165, 1.54) is 55.8 Å². The Morgan fingerprint density at radius 3 is 2.23 bits per heavy atom. The van der Waals surface area contributed by atoms with Gasteiger partial charge in [-0.25, -0.2) is 15.0 Å². The number of fused-ring (bicyclic) bond motifs is 6. The third kappa shape index (κ3) is 4.34. The maximum absolute atomic E-state index is 4.38. The molecule has 0 bridgehead atoms. The molecule has 0 radical (unpaired) electrons. The second-order valence-corrected chi connectivity index (χ2v) is 13.0. The van der Waals surface area contributed by atoms with Gasteiger partial charge >= 0.3 is 0 Å². The summed E-state index contributed by atoms with van der Waals surface area (Å²) in [6.07, 6.45) is 8.68. The summed E-state index contributed by atoms with van der Waals surface area (Å²) < 4.78 is 2.40. The molecular weight excluding hydrogens is 574 g/mol. The van der Waals surface area contributed by atoms with E-state index in [4.69, 9.17) is 0 Å². The van der Waals surface area contributed by atoms with Crippen LogP contribution in [0, 0.1) is 0 Å². The Morgan fingerprint density at radius 1 is 0.702 bits per heavy atom. The van der Waals surface area contributed by atoms with Crippen LogP contribution < -0.4 is 4.90 Å². The second-order valence-electron chi connectivity index (χ2n) is 13.0. The van der Waals surface area contributed by atoms with E-state index in [-0.39, 0.29) is 11.5 Å². The van der Waals surface area contributed by atoms with Crippen LogP contribution in [0.25, 0.3) is 45.2 Å². The Labute approximate surface area is 274 Å². The number of hydrogen-bond donors (Lipinski definition) is 0. The van der Waals surface area contributed by atoms with Crippen LogP contribution in [0.2, 0.25) is 0 Å². The largest absolute Gasteiger partial charge is 0.334 e. The monoisotopic (exact) mass is 607 g/mol. The molecule has 0 saturated carbocycles. The van der Waals surface area contributed by atoms with Gasteiger partial charge in [0.15, 0.2) is 5.82 Å². The number of nitrogens with zero attached hydrogens (tertiary/aromatic N) is 5. The molecule has 2 aliphatic carbocycles. The van der Waals surface area contributed by atoms with Crippen molar-refractivity contribution in [3.05, 3.63) is 162 Å². The van der Waals surface area contributed by atoms with Crippen LogP contribution in [-0.4, -0.2) is 25.6 Å². The van der Waals surface area contributed by atoms with E-state index in [9.17, 15) is 0 Å². The Kier molecular flexibility index (Phi) is 6.22. The first kappa shape index (κ1) is 27.5. The van der Waals surface area contributed by atoms with Crippen LogP contribution in [-0.2, 0) is 11.8 Å². The van der Waals surface area contributed by atoms with Gasteiger partial charge in [-0.2, -0.15) is 0 Å². The van der Waals surface area contributed by atoms with Gasteiger partial charge in [-0.15, -0.1) is 0 Å². The predicted molar refractivity (Wildman–Crippen MR) is 191 cm³/mol. The van der Waals surface area contributed by atoms with Gasteiger partial charge in [0.05, 0.1) is 11.6 Å². The van der Waals surface area contributed by atoms with Crippen molar-refractivity contribution in [1.29, 1.82) is 0 Å². The fourth-order valence-corrected chi connectivity index (χ4v) is 7.76. The van der Waals surface area contributed by atoms with Crippen molar-refractivity contribution in [3.8, 4) is 28.2 Å². The number of hydrogen-bond acceptors (Lipinski definition) is 4. The molecular formula is C42H33N5. The molecule has 1 unspecified atom stereocenters. The number of benzene rings is 5. The molecule has 0 saturated heterocycles. The van der Waals surface area contributed by atoms with E-state index in [1.807, 2.05) is 0 Å². The molecule has 5 nitrogen and oxygen atoms in total. The summed E-state index contributed by atoms with van der Waals surface area (Å²) in [7, 11) is 0. The van der Waals surface area contributed by atoms with Crippen molar-refractivity contribution in [3.63, 3.8) is 0 Å². The SMILES string of the molecule is CC1(C)c2ccccc2-c2ccc(N(c3ccc(-c4ncncn4)cc3)C3C=Cc4c(c5ccccc5n4-c4ccccc4)C3)cc21. The third-order valence-corrected chi connectivity index (χ3v) is 10.00. The van der Waals surface area contributed by atoms with Gasteiger partial charge in [0.1, 0.15) is 12.7 Å². The van der Waals surface area contributed by atoms with Gasteiger partial charge in [0.25, 0.3) is 0 Å². The van der Waals surface area contributed by atoms with Crippen LogP contribution >= 0.6 is 0 Å². The molecule has 0 amide bonds. The normalized spacial score (nSPS) is 15.7. The highest BCUT2D eigenvalue weighted by atomic mass is 15.2. The molecule has 0 fully saturated rings. The zero-order chi connectivity index (χ0) is 31.5. The van der Waals surface area contributed by atoms with E-state index in [2.05, 4.69) is 172 Å². The first-order valence-corrected chi connectivity index (χ1v) is 16.2. The average Bonchev–Trinajstić information content (AvgIpc) is 3.58. The topological polar surface area (TPSA) is 46.8 Å². The van der Waals surface area contributed by atoms with Gasteiger partial charge in [-0.3, -0.25) is 0 Å². The lowest BCUT2D eigenvalue weighted by atomic mass is 9.82. The van der Waals surface area contributed by atoms with Crippen LogP contribution in [0.4, 0.5) is 11.4 Å². The predicted octanol–water partition coefficient (Wildman–Crippen LogP) is 9.56. The van der Waals surface area contributed by atoms with Crippen LogP contribution in [0.3, 0.4) is 0 Å². The molecule has 5 heteroatoms. The molecule has 2 aliphatic rings. The minimum Gasteiger partial charge on any atom is -0.334 e. The number of aromatic nitrogens is 4. The summed E-state index contributed by atoms with van der Waals surface area (Å²) in [5.41, 5.74) is 13.6. The molecule has 5 aromatic carbocycles. The molecule has 1 atom stereocenters. The van der Waals surface area contributed by atoms with Crippen molar-refractivity contribution in [2.45, 2.75) is 31.7 Å². The Hall–Kier alpha value is -5.81. The number of para-hydroxylation sites is 2. The molecule has 0 spiro atoms. The van der Waals surface area contributed by atoms with Crippen molar-refractivity contribution in [1.82, 2.24) is 19.5 Å². The third-order valence-electron chi connectivity index (χ3n) is 10.00. The number of rotatable bonds is 5. The molecule has 0 aliphatic heterocycles. The van der Waals surface area contributed by atoms with Crippen LogP contribution in [0.15, 0.2) is 140 Å². The molecule has 9 rings (SSSR count). The van der Waals surface area contributed by atoms with Crippen LogP contribution in [0.1, 0.15) is 36.2 Å². The summed E-state index contributed by atoms with van der Waals surface area (Å²) in [6.45, 7) is 4.70. The zero-order valence-corrected chi connectivity index (χ0v) is 26.4. The minimum absolute atomic E-state index is 0.0885. The minimum atomic E-state index is -0.0885. The Morgan fingerprint density at radius 2 is 1.40 bits per heavy atom. The highest BCUT2D eigenvalue weighted by molar-refractivity contribution is 5.91. The summed E-state index contributed by atoms with van der Waals surface area (Å²) in [5.74, 6) is 0.672. The Bertz CT molecular complexity index is 2300. The Balaban J connectivity index is 1.19. The van der Waals surface area contributed by atoms with E-state index in [0.29, 0.717) is 5.82 Å². The van der Waals surface area contributed by atoms with E-state index in [0.717, 1.165) is 17.7 Å². The van der Waals surface area contributed by atoms with E-state index < -0.39 is 0 Å².